The van der Waals surface area contributed by atoms with Crippen LogP contribution in [0, 0.1) is 0 Å². The van der Waals surface area contributed by atoms with E-state index in [9.17, 15) is 4.79 Å². The Kier molecular flexibility index (Phi) is 5.95. The number of hydrogen-bond acceptors (Lipinski definition) is 3. The average molecular weight is 271 g/mol. The number of ether oxygens (including phenoxy) is 1. The lowest BCUT2D eigenvalue weighted by atomic mass is 10.3. The van der Waals surface area contributed by atoms with E-state index in [1.54, 1.807) is 31.2 Å². The van der Waals surface area contributed by atoms with Crippen LogP contribution >= 0.6 is 11.6 Å². The van der Waals surface area contributed by atoms with Crippen LogP contribution in [0.1, 0.15) is 6.92 Å². The molecule has 100 valence electrons. The predicted octanol–water partition coefficient (Wildman–Crippen LogP) is 1.79. The van der Waals surface area contributed by atoms with Crippen LogP contribution in [0.25, 0.3) is 0 Å². The minimum absolute atomic E-state index is 0.128. The Labute approximate surface area is 113 Å². The summed E-state index contributed by atoms with van der Waals surface area (Å²) in [5, 5.41) is 3.40. The highest BCUT2D eigenvalue weighted by atomic mass is 35.5. The van der Waals surface area contributed by atoms with Crippen molar-refractivity contribution in [3.8, 4) is 5.75 Å². The number of nitrogens with zero attached hydrogens (tertiary/aromatic N) is 1. The normalized spacial score (nSPS) is 12.3. The Balaban J connectivity index is 2.40. The number of halogens is 1. The molecule has 0 spiro atoms. The molecular formula is C13H19ClN2O2. The van der Waals surface area contributed by atoms with Crippen LogP contribution in [0.3, 0.4) is 0 Å². The van der Waals surface area contributed by atoms with Gasteiger partial charge in [0.1, 0.15) is 5.75 Å². The van der Waals surface area contributed by atoms with E-state index in [0.29, 0.717) is 17.3 Å². The van der Waals surface area contributed by atoms with Crippen molar-refractivity contribution in [1.29, 1.82) is 0 Å². The lowest BCUT2D eigenvalue weighted by Gasteiger charge is -2.16. The minimum atomic E-state index is -0.536. The van der Waals surface area contributed by atoms with E-state index in [-0.39, 0.29) is 5.91 Å². The van der Waals surface area contributed by atoms with Crippen LogP contribution in [-0.4, -0.2) is 44.1 Å². The number of carbonyl (C=O) groups excluding carboxylic acids is 1. The van der Waals surface area contributed by atoms with Crippen LogP contribution in [0.15, 0.2) is 24.3 Å². The first kappa shape index (κ1) is 14.8. The van der Waals surface area contributed by atoms with Crippen molar-refractivity contribution in [3.05, 3.63) is 29.3 Å². The fraction of sp³-hybridized carbons (Fsp3) is 0.462. The standard InChI is InChI=1S/C13H19ClN2O2/c1-10(13(17)15-7-8-16(2)3)18-12-6-4-5-11(14)9-12/h4-6,9-10H,7-8H2,1-3H3,(H,15,17)/t10-/m1/s1. The topological polar surface area (TPSA) is 41.6 Å². The Bertz CT molecular complexity index is 396. The second-order valence-electron chi connectivity index (χ2n) is 4.31. The van der Waals surface area contributed by atoms with Gasteiger partial charge in [0.15, 0.2) is 6.10 Å². The molecule has 0 saturated carbocycles. The summed E-state index contributed by atoms with van der Waals surface area (Å²) >= 11 is 5.84. The van der Waals surface area contributed by atoms with Crippen LogP contribution in [0.2, 0.25) is 5.02 Å². The summed E-state index contributed by atoms with van der Waals surface area (Å²) in [6.07, 6.45) is -0.536. The molecule has 0 heterocycles. The van der Waals surface area contributed by atoms with Crippen LogP contribution in [0.4, 0.5) is 0 Å². The Morgan fingerprint density at radius 2 is 2.22 bits per heavy atom. The van der Waals surface area contributed by atoms with Crippen molar-refractivity contribution in [2.24, 2.45) is 0 Å². The largest absolute Gasteiger partial charge is 0.481 e. The highest BCUT2D eigenvalue weighted by molar-refractivity contribution is 6.30. The number of benzene rings is 1. The molecule has 0 aliphatic carbocycles. The molecule has 18 heavy (non-hydrogen) atoms. The maximum atomic E-state index is 11.7. The molecule has 0 radical (unpaired) electrons. The molecule has 1 N–H and O–H groups in total. The van der Waals surface area contributed by atoms with Gasteiger partial charge in [-0.15, -0.1) is 0 Å². The summed E-state index contributed by atoms with van der Waals surface area (Å²) < 4.78 is 5.50. The molecule has 4 nitrogen and oxygen atoms in total. The third-order valence-corrected chi connectivity index (χ3v) is 2.57. The quantitative estimate of drug-likeness (QED) is 0.857. The van der Waals surface area contributed by atoms with Gasteiger partial charge < -0.3 is 15.0 Å². The van der Waals surface area contributed by atoms with E-state index in [0.717, 1.165) is 6.54 Å². The molecule has 5 heteroatoms. The highest BCUT2D eigenvalue weighted by Gasteiger charge is 2.13. The first-order chi connectivity index (χ1) is 8.49. The third-order valence-electron chi connectivity index (χ3n) is 2.34. The van der Waals surface area contributed by atoms with E-state index in [4.69, 9.17) is 16.3 Å². The van der Waals surface area contributed by atoms with E-state index < -0.39 is 6.10 Å². The van der Waals surface area contributed by atoms with E-state index in [1.807, 2.05) is 19.0 Å². The molecule has 0 aliphatic rings. The summed E-state index contributed by atoms with van der Waals surface area (Å²) in [7, 11) is 3.91. The number of hydrogen-bond donors (Lipinski definition) is 1. The van der Waals surface area contributed by atoms with Gasteiger partial charge in [-0.2, -0.15) is 0 Å². The molecule has 1 rings (SSSR count). The zero-order chi connectivity index (χ0) is 13.5. The van der Waals surface area contributed by atoms with Crippen molar-refractivity contribution in [1.82, 2.24) is 10.2 Å². The number of amides is 1. The van der Waals surface area contributed by atoms with Crippen molar-refractivity contribution in [2.45, 2.75) is 13.0 Å². The van der Waals surface area contributed by atoms with Crippen LogP contribution < -0.4 is 10.1 Å². The van der Waals surface area contributed by atoms with Gasteiger partial charge in [-0.1, -0.05) is 17.7 Å². The molecule has 0 saturated heterocycles. The van der Waals surface area contributed by atoms with Gasteiger partial charge in [0.2, 0.25) is 0 Å². The maximum Gasteiger partial charge on any atom is 0.260 e. The molecule has 0 fully saturated rings. The number of carbonyl (C=O) groups is 1. The van der Waals surface area contributed by atoms with Gasteiger partial charge in [-0.25, -0.2) is 0 Å². The minimum Gasteiger partial charge on any atom is -0.481 e. The van der Waals surface area contributed by atoms with Crippen molar-refractivity contribution in [3.63, 3.8) is 0 Å². The van der Waals surface area contributed by atoms with Crippen LogP contribution in [0.5, 0.6) is 5.75 Å². The Morgan fingerprint density at radius 1 is 1.50 bits per heavy atom. The third kappa shape index (κ3) is 5.38. The lowest BCUT2D eigenvalue weighted by Crippen LogP contribution is -2.39. The van der Waals surface area contributed by atoms with E-state index >= 15 is 0 Å². The molecule has 0 aromatic heterocycles. The predicted molar refractivity (Wildman–Crippen MR) is 73.1 cm³/mol. The zero-order valence-electron chi connectivity index (χ0n) is 10.9. The van der Waals surface area contributed by atoms with Gasteiger partial charge in [0, 0.05) is 18.1 Å². The van der Waals surface area contributed by atoms with Gasteiger partial charge in [0.25, 0.3) is 5.91 Å². The fourth-order valence-corrected chi connectivity index (χ4v) is 1.52. The smallest absolute Gasteiger partial charge is 0.260 e. The lowest BCUT2D eigenvalue weighted by molar-refractivity contribution is -0.127. The van der Waals surface area contributed by atoms with Gasteiger partial charge >= 0.3 is 0 Å². The number of nitrogens with one attached hydrogen (secondary N) is 1. The van der Waals surface area contributed by atoms with Gasteiger partial charge in [0.05, 0.1) is 0 Å². The zero-order valence-corrected chi connectivity index (χ0v) is 11.7. The van der Waals surface area contributed by atoms with E-state index in [1.165, 1.54) is 0 Å². The Morgan fingerprint density at radius 3 is 2.83 bits per heavy atom. The second-order valence-corrected chi connectivity index (χ2v) is 4.75. The Hall–Kier alpha value is -1.26. The number of likely N-dealkylation sites (N-methyl/N-ethyl adjacent to an activating group) is 1. The molecule has 1 aromatic carbocycles. The van der Waals surface area contributed by atoms with Crippen molar-refractivity contribution < 1.29 is 9.53 Å². The van der Waals surface area contributed by atoms with Gasteiger partial charge in [-0.05, 0) is 39.2 Å². The molecule has 1 aromatic rings. The summed E-state index contributed by atoms with van der Waals surface area (Å²) in [6, 6.07) is 7.01. The number of rotatable bonds is 6. The molecule has 0 aliphatic heterocycles. The second kappa shape index (κ2) is 7.24. The summed E-state index contributed by atoms with van der Waals surface area (Å²) in [4.78, 5) is 13.7. The summed E-state index contributed by atoms with van der Waals surface area (Å²) in [5.41, 5.74) is 0. The molecule has 0 unspecified atom stereocenters. The van der Waals surface area contributed by atoms with Gasteiger partial charge in [-0.3, -0.25) is 4.79 Å². The highest BCUT2D eigenvalue weighted by Crippen LogP contribution is 2.18. The van der Waals surface area contributed by atoms with Crippen molar-refractivity contribution in [2.75, 3.05) is 27.2 Å². The molecule has 0 bridgehead atoms. The molecule has 1 amide bonds. The van der Waals surface area contributed by atoms with E-state index in [2.05, 4.69) is 5.32 Å². The average Bonchev–Trinajstić information content (AvgIpc) is 2.28. The summed E-state index contributed by atoms with van der Waals surface area (Å²) in [5.74, 6) is 0.467. The van der Waals surface area contributed by atoms with Crippen molar-refractivity contribution >= 4 is 17.5 Å². The van der Waals surface area contributed by atoms with Crippen LogP contribution in [-0.2, 0) is 4.79 Å². The SMILES string of the molecule is C[C@@H](Oc1cccc(Cl)c1)C(=O)NCCN(C)C. The summed E-state index contributed by atoms with van der Waals surface area (Å²) in [6.45, 7) is 3.12. The maximum absolute atomic E-state index is 11.7. The first-order valence-corrected chi connectivity index (χ1v) is 6.21. The molecular weight excluding hydrogens is 252 g/mol. The monoisotopic (exact) mass is 270 g/mol. The fourth-order valence-electron chi connectivity index (χ4n) is 1.34. The first-order valence-electron chi connectivity index (χ1n) is 5.83. The molecule has 1 atom stereocenters.